The molecule has 162 valence electrons. The van der Waals surface area contributed by atoms with Crippen molar-refractivity contribution in [3.63, 3.8) is 0 Å². The van der Waals surface area contributed by atoms with Gasteiger partial charge in [-0.3, -0.25) is 4.79 Å². The molecule has 0 radical (unpaired) electrons. The first kappa shape index (κ1) is 22.1. The standard InChI is InChI=1S/C23H30F4O2/c1-2-3-15-4-6-16(7-5-15)17-8-10-18(11-9-17)22(28)29-21-13-12-19(24)14-20(21)23(25,26)27/h12-18H,2-11H2,1H3. The molecule has 0 amide bonds. The van der Waals surface area contributed by atoms with Gasteiger partial charge in [0.05, 0.1) is 5.92 Å². The van der Waals surface area contributed by atoms with Gasteiger partial charge in [-0.1, -0.05) is 32.6 Å². The second kappa shape index (κ2) is 9.48. The zero-order valence-electron chi connectivity index (χ0n) is 16.9. The second-order valence-corrected chi connectivity index (χ2v) is 8.74. The molecule has 0 heterocycles. The van der Waals surface area contributed by atoms with E-state index in [2.05, 4.69) is 6.92 Å². The monoisotopic (exact) mass is 414 g/mol. The third kappa shape index (κ3) is 5.73. The van der Waals surface area contributed by atoms with Crippen molar-refractivity contribution in [3.8, 4) is 5.75 Å². The molecule has 2 aliphatic carbocycles. The van der Waals surface area contributed by atoms with Crippen LogP contribution in [0.4, 0.5) is 17.6 Å². The summed E-state index contributed by atoms with van der Waals surface area (Å²) in [5.74, 6) is -0.444. The van der Waals surface area contributed by atoms with E-state index in [1.54, 1.807) is 0 Å². The highest BCUT2D eigenvalue weighted by molar-refractivity contribution is 5.75. The van der Waals surface area contributed by atoms with Crippen LogP contribution in [0.1, 0.15) is 76.7 Å². The highest BCUT2D eigenvalue weighted by Crippen LogP contribution is 2.43. The minimum absolute atomic E-state index is 0.369. The second-order valence-electron chi connectivity index (χ2n) is 8.74. The Morgan fingerprint density at radius 1 is 1.00 bits per heavy atom. The Morgan fingerprint density at radius 3 is 2.14 bits per heavy atom. The first-order chi connectivity index (χ1) is 13.8. The lowest BCUT2D eigenvalue weighted by molar-refractivity contribution is -0.145. The molecule has 6 heteroatoms. The lowest BCUT2D eigenvalue weighted by Crippen LogP contribution is -2.30. The predicted octanol–water partition coefficient (Wildman–Crippen LogP) is 7.16. The molecule has 0 aromatic heterocycles. The van der Waals surface area contributed by atoms with E-state index < -0.39 is 29.3 Å². The number of alkyl halides is 3. The van der Waals surface area contributed by atoms with Gasteiger partial charge < -0.3 is 4.74 Å². The van der Waals surface area contributed by atoms with Gasteiger partial charge in [0.15, 0.2) is 0 Å². The molecule has 0 N–H and O–H groups in total. The summed E-state index contributed by atoms with van der Waals surface area (Å²) < 4.78 is 57.6. The summed E-state index contributed by atoms with van der Waals surface area (Å²) in [6.45, 7) is 2.23. The number of benzene rings is 1. The van der Waals surface area contributed by atoms with Crippen LogP contribution >= 0.6 is 0 Å². The summed E-state index contributed by atoms with van der Waals surface area (Å²) >= 11 is 0. The zero-order chi connectivity index (χ0) is 21.0. The first-order valence-corrected chi connectivity index (χ1v) is 10.9. The van der Waals surface area contributed by atoms with E-state index >= 15 is 0 Å². The van der Waals surface area contributed by atoms with E-state index in [0.717, 1.165) is 30.9 Å². The number of ether oxygens (including phenoxy) is 1. The molecule has 0 saturated heterocycles. The Kier molecular flexibility index (Phi) is 7.23. The van der Waals surface area contributed by atoms with Crippen molar-refractivity contribution < 1.29 is 27.1 Å². The Morgan fingerprint density at radius 2 is 1.59 bits per heavy atom. The highest BCUT2D eigenvalue weighted by atomic mass is 19.4. The SMILES string of the molecule is CCCC1CCC(C2CCC(C(=O)Oc3ccc(F)cc3C(F)(F)F)CC2)CC1. The first-order valence-electron chi connectivity index (χ1n) is 10.9. The molecule has 2 saturated carbocycles. The lowest BCUT2D eigenvalue weighted by atomic mass is 9.69. The van der Waals surface area contributed by atoms with Gasteiger partial charge in [-0.05, 0) is 74.5 Å². The summed E-state index contributed by atoms with van der Waals surface area (Å²) in [7, 11) is 0. The fourth-order valence-electron chi connectivity index (χ4n) is 5.19. The number of carbonyl (C=O) groups is 1. The van der Waals surface area contributed by atoms with Gasteiger partial charge in [0.2, 0.25) is 0 Å². The Bertz CT molecular complexity index is 685. The van der Waals surface area contributed by atoms with Crippen LogP contribution in [-0.4, -0.2) is 5.97 Å². The molecular formula is C23H30F4O2. The van der Waals surface area contributed by atoms with Gasteiger partial charge >= 0.3 is 12.1 Å². The van der Waals surface area contributed by atoms with Crippen LogP contribution in [0.25, 0.3) is 0 Å². The number of hydrogen-bond donors (Lipinski definition) is 0. The number of hydrogen-bond acceptors (Lipinski definition) is 2. The van der Waals surface area contributed by atoms with E-state index in [4.69, 9.17) is 4.74 Å². The number of rotatable bonds is 5. The van der Waals surface area contributed by atoms with Crippen molar-refractivity contribution in [2.45, 2.75) is 77.3 Å². The average Bonchev–Trinajstić information content (AvgIpc) is 2.69. The fraction of sp³-hybridized carbons (Fsp3) is 0.696. The van der Waals surface area contributed by atoms with E-state index in [1.165, 1.54) is 38.5 Å². The molecule has 0 unspecified atom stereocenters. The van der Waals surface area contributed by atoms with Crippen LogP contribution in [0.3, 0.4) is 0 Å². The smallest absolute Gasteiger partial charge is 0.420 e. The van der Waals surface area contributed by atoms with Crippen LogP contribution in [0.15, 0.2) is 18.2 Å². The van der Waals surface area contributed by atoms with Crippen LogP contribution in [0, 0.1) is 29.5 Å². The van der Waals surface area contributed by atoms with Crippen molar-refractivity contribution in [2.24, 2.45) is 23.7 Å². The summed E-state index contributed by atoms with van der Waals surface area (Å²) in [6, 6.07) is 2.13. The average molecular weight is 414 g/mol. The van der Waals surface area contributed by atoms with Gasteiger partial charge in [-0.2, -0.15) is 13.2 Å². The quantitative estimate of drug-likeness (QED) is 0.290. The minimum Gasteiger partial charge on any atom is -0.426 e. The van der Waals surface area contributed by atoms with E-state index in [1.807, 2.05) is 0 Å². The maximum Gasteiger partial charge on any atom is 0.420 e. The van der Waals surface area contributed by atoms with Crippen molar-refractivity contribution in [2.75, 3.05) is 0 Å². The van der Waals surface area contributed by atoms with Crippen molar-refractivity contribution in [1.29, 1.82) is 0 Å². The van der Waals surface area contributed by atoms with Crippen molar-refractivity contribution in [3.05, 3.63) is 29.6 Å². The predicted molar refractivity (Wildman–Crippen MR) is 103 cm³/mol. The zero-order valence-corrected chi connectivity index (χ0v) is 16.9. The third-order valence-electron chi connectivity index (χ3n) is 6.82. The Hall–Kier alpha value is -1.59. The lowest BCUT2D eigenvalue weighted by Gasteiger charge is -2.37. The van der Waals surface area contributed by atoms with Crippen LogP contribution in [-0.2, 0) is 11.0 Å². The summed E-state index contributed by atoms with van der Waals surface area (Å²) in [5, 5.41) is 0. The Balaban J connectivity index is 1.52. The maximum atomic E-state index is 13.2. The molecular weight excluding hydrogens is 384 g/mol. The third-order valence-corrected chi connectivity index (χ3v) is 6.82. The Labute approximate surface area is 170 Å². The molecule has 1 aromatic rings. The number of esters is 1. The maximum absolute atomic E-state index is 13.2. The largest absolute Gasteiger partial charge is 0.426 e. The number of halogens is 4. The molecule has 1 aromatic carbocycles. The van der Waals surface area contributed by atoms with Gasteiger partial charge in [0.1, 0.15) is 17.1 Å². The number of carbonyl (C=O) groups excluding carboxylic acids is 1. The summed E-state index contributed by atoms with van der Waals surface area (Å²) in [4.78, 5) is 12.4. The van der Waals surface area contributed by atoms with Crippen LogP contribution < -0.4 is 4.74 Å². The molecule has 3 rings (SSSR count). The molecule has 2 fully saturated rings. The van der Waals surface area contributed by atoms with Crippen molar-refractivity contribution >= 4 is 5.97 Å². The van der Waals surface area contributed by atoms with E-state index in [0.29, 0.717) is 30.7 Å². The fourth-order valence-corrected chi connectivity index (χ4v) is 5.19. The molecule has 0 atom stereocenters. The highest BCUT2D eigenvalue weighted by Gasteiger charge is 2.37. The van der Waals surface area contributed by atoms with Gasteiger partial charge in [0, 0.05) is 0 Å². The molecule has 0 spiro atoms. The summed E-state index contributed by atoms with van der Waals surface area (Å²) in [5.41, 5.74) is -1.25. The topological polar surface area (TPSA) is 26.3 Å². The van der Waals surface area contributed by atoms with Gasteiger partial charge in [-0.25, -0.2) is 4.39 Å². The van der Waals surface area contributed by atoms with Gasteiger partial charge in [-0.15, -0.1) is 0 Å². The normalized spacial score (nSPS) is 28.2. The molecule has 29 heavy (non-hydrogen) atoms. The molecule has 2 aliphatic rings. The molecule has 2 nitrogen and oxygen atoms in total. The van der Waals surface area contributed by atoms with E-state index in [-0.39, 0.29) is 5.92 Å². The minimum atomic E-state index is -4.77. The van der Waals surface area contributed by atoms with E-state index in [9.17, 15) is 22.4 Å². The van der Waals surface area contributed by atoms with Gasteiger partial charge in [0.25, 0.3) is 0 Å². The summed E-state index contributed by atoms with van der Waals surface area (Å²) in [6.07, 6.45) is 6.06. The molecule has 0 bridgehead atoms. The molecule has 0 aliphatic heterocycles. The van der Waals surface area contributed by atoms with Crippen molar-refractivity contribution in [1.82, 2.24) is 0 Å². The van der Waals surface area contributed by atoms with Crippen LogP contribution in [0.2, 0.25) is 0 Å². The van der Waals surface area contributed by atoms with Crippen LogP contribution in [0.5, 0.6) is 5.75 Å².